The normalized spacial score (nSPS) is 12.2. The van der Waals surface area contributed by atoms with Gasteiger partial charge in [0.2, 0.25) is 0 Å². The van der Waals surface area contributed by atoms with Crippen molar-refractivity contribution in [3.63, 3.8) is 0 Å². The fourth-order valence-electron chi connectivity index (χ4n) is 1.77. The van der Waals surface area contributed by atoms with E-state index in [1.807, 2.05) is 24.3 Å². The zero-order chi connectivity index (χ0) is 10.9. The lowest BCUT2D eigenvalue weighted by atomic mass is 10.1. The van der Waals surface area contributed by atoms with Crippen LogP contribution in [0.1, 0.15) is 26.6 Å². The van der Waals surface area contributed by atoms with Crippen LogP contribution in [0.2, 0.25) is 0 Å². The van der Waals surface area contributed by atoms with Crippen molar-refractivity contribution in [1.82, 2.24) is 15.3 Å². The number of nitrogens with zero attached hydrogens (tertiary/aromatic N) is 1. The first kappa shape index (κ1) is 10.2. The SMILES string of the molecule is CCNC(C)(C)c1nc2ccccc2[nH]1. The van der Waals surface area contributed by atoms with E-state index >= 15 is 0 Å². The molecule has 0 fully saturated rings. The highest BCUT2D eigenvalue weighted by Gasteiger charge is 2.22. The number of fused-ring (bicyclic) bond motifs is 1. The minimum atomic E-state index is -0.103. The van der Waals surface area contributed by atoms with E-state index in [4.69, 9.17) is 0 Å². The van der Waals surface area contributed by atoms with Crippen molar-refractivity contribution in [2.75, 3.05) is 6.54 Å². The Morgan fingerprint density at radius 2 is 2.07 bits per heavy atom. The molecule has 3 heteroatoms. The van der Waals surface area contributed by atoms with Gasteiger partial charge in [-0.25, -0.2) is 4.98 Å². The van der Waals surface area contributed by atoms with Crippen LogP contribution in [0, 0.1) is 0 Å². The van der Waals surface area contributed by atoms with Crippen LogP contribution in [0.15, 0.2) is 24.3 Å². The molecular formula is C12H17N3. The van der Waals surface area contributed by atoms with Crippen molar-refractivity contribution in [3.8, 4) is 0 Å². The largest absolute Gasteiger partial charge is 0.340 e. The zero-order valence-electron chi connectivity index (χ0n) is 9.46. The van der Waals surface area contributed by atoms with Crippen LogP contribution in [0.3, 0.4) is 0 Å². The van der Waals surface area contributed by atoms with Gasteiger partial charge in [0.1, 0.15) is 5.82 Å². The van der Waals surface area contributed by atoms with Crippen LogP contribution >= 0.6 is 0 Å². The van der Waals surface area contributed by atoms with E-state index in [9.17, 15) is 0 Å². The summed E-state index contributed by atoms with van der Waals surface area (Å²) in [5, 5.41) is 3.41. The fourth-order valence-corrected chi connectivity index (χ4v) is 1.77. The number of para-hydroxylation sites is 2. The predicted octanol–water partition coefficient (Wildman–Crippen LogP) is 2.41. The second-order valence-corrected chi connectivity index (χ2v) is 4.26. The number of aromatic amines is 1. The summed E-state index contributed by atoms with van der Waals surface area (Å²) in [6.45, 7) is 7.30. The van der Waals surface area contributed by atoms with Crippen molar-refractivity contribution >= 4 is 11.0 Å². The third-order valence-electron chi connectivity index (χ3n) is 2.60. The Balaban J connectivity index is 2.44. The molecule has 0 atom stereocenters. The Morgan fingerprint density at radius 1 is 1.33 bits per heavy atom. The molecule has 80 valence electrons. The highest BCUT2D eigenvalue weighted by Crippen LogP contribution is 2.20. The summed E-state index contributed by atoms with van der Waals surface area (Å²) in [6.07, 6.45) is 0. The minimum absolute atomic E-state index is 0.103. The van der Waals surface area contributed by atoms with Crippen molar-refractivity contribution in [2.24, 2.45) is 0 Å². The molecule has 2 aromatic rings. The zero-order valence-corrected chi connectivity index (χ0v) is 9.46. The summed E-state index contributed by atoms with van der Waals surface area (Å²) in [7, 11) is 0. The standard InChI is InChI=1S/C12H17N3/c1-4-13-12(2,3)11-14-9-7-5-6-8-10(9)15-11/h5-8,13H,4H2,1-3H3,(H,14,15). The Kier molecular flexibility index (Phi) is 2.49. The predicted molar refractivity (Wildman–Crippen MR) is 62.8 cm³/mol. The summed E-state index contributed by atoms with van der Waals surface area (Å²) >= 11 is 0. The first-order valence-corrected chi connectivity index (χ1v) is 5.34. The number of nitrogens with one attached hydrogen (secondary N) is 2. The van der Waals surface area contributed by atoms with Crippen molar-refractivity contribution < 1.29 is 0 Å². The number of rotatable bonds is 3. The highest BCUT2D eigenvalue weighted by molar-refractivity contribution is 5.74. The average Bonchev–Trinajstić information content (AvgIpc) is 2.61. The average molecular weight is 203 g/mol. The summed E-state index contributed by atoms with van der Waals surface area (Å²) in [5.41, 5.74) is 2.02. The smallest absolute Gasteiger partial charge is 0.127 e. The van der Waals surface area contributed by atoms with Crippen molar-refractivity contribution in [3.05, 3.63) is 30.1 Å². The van der Waals surface area contributed by atoms with Crippen LogP contribution in [-0.2, 0) is 5.54 Å². The number of H-pyrrole nitrogens is 1. The van der Waals surface area contributed by atoms with Gasteiger partial charge in [-0.05, 0) is 32.5 Å². The molecule has 0 bridgehead atoms. The lowest BCUT2D eigenvalue weighted by Gasteiger charge is -2.22. The molecule has 0 aliphatic heterocycles. The third-order valence-corrected chi connectivity index (χ3v) is 2.60. The lowest BCUT2D eigenvalue weighted by molar-refractivity contribution is 0.395. The second-order valence-electron chi connectivity index (χ2n) is 4.26. The van der Waals surface area contributed by atoms with Crippen LogP contribution < -0.4 is 5.32 Å². The third kappa shape index (κ3) is 1.88. The maximum Gasteiger partial charge on any atom is 0.127 e. The van der Waals surface area contributed by atoms with E-state index in [0.29, 0.717) is 0 Å². The van der Waals surface area contributed by atoms with Gasteiger partial charge >= 0.3 is 0 Å². The fraction of sp³-hybridized carbons (Fsp3) is 0.417. The van der Waals surface area contributed by atoms with E-state index in [2.05, 4.69) is 36.1 Å². The topological polar surface area (TPSA) is 40.7 Å². The van der Waals surface area contributed by atoms with Gasteiger partial charge in [0, 0.05) is 0 Å². The van der Waals surface area contributed by atoms with E-state index in [1.54, 1.807) is 0 Å². The summed E-state index contributed by atoms with van der Waals surface area (Å²) < 4.78 is 0. The lowest BCUT2D eigenvalue weighted by Crippen LogP contribution is -2.37. The Bertz CT molecular complexity index is 424. The number of aromatic nitrogens is 2. The molecule has 0 saturated carbocycles. The maximum atomic E-state index is 4.58. The van der Waals surface area contributed by atoms with Gasteiger partial charge in [-0.2, -0.15) is 0 Å². The van der Waals surface area contributed by atoms with Gasteiger partial charge < -0.3 is 10.3 Å². The molecule has 0 spiro atoms. The molecule has 2 rings (SSSR count). The minimum Gasteiger partial charge on any atom is -0.340 e. The van der Waals surface area contributed by atoms with Gasteiger partial charge in [0.05, 0.1) is 16.6 Å². The van der Waals surface area contributed by atoms with Crippen molar-refractivity contribution in [1.29, 1.82) is 0 Å². The number of hydrogen-bond acceptors (Lipinski definition) is 2. The number of benzene rings is 1. The molecule has 2 N–H and O–H groups in total. The van der Waals surface area contributed by atoms with Gasteiger partial charge in [0.15, 0.2) is 0 Å². The quantitative estimate of drug-likeness (QED) is 0.804. The Morgan fingerprint density at radius 3 is 2.73 bits per heavy atom. The molecule has 1 aromatic carbocycles. The molecule has 0 amide bonds. The monoisotopic (exact) mass is 203 g/mol. The molecule has 0 saturated heterocycles. The summed E-state index contributed by atoms with van der Waals surface area (Å²) in [6, 6.07) is 8.10. The van der Waals surface area contributed by atoms with Crippen LogP contribution in [0.25, 0.3) is 11.0 Å². The Hall–Kier alpha value is -1.35. The maximum absolute atomic E-state index is 4.58. The van der Waals surface area contributed by atoms with Crippen LogP contribution in [0.5, 0.6) is 0 Å². The van der Waals surface area contributed by atoms with Crippen LogP contribution in [0.4, 0.5) is 0 Å². The molecule has 0 aliphatic carbocycles. The van der Waals surface area contributed by atoms with Gasteiger partial charge in [-0.1, -0.05) is 19.1 Å². The van der Waals surface area contributed by atoms with Gasteiger partial charge in [-0.15, -0.1) is 0 Å². The first-order valence-electron chi connectivity index (χ1n) is 5.34. The van der Waals surface area contributed by atoms with E-state index in [0.717, 1.165) is 23.4 Å². The van der Waals surface area contributed by atoms with Gasteiger partial charge in [-0.3, -0.25) is 0 Å². The second kappa shape index (κ2) is 3.66. The van der Waals surface area contributed by atoms with Crippen molar-refractivity contribution in [2.45, 2.75) is 26.3 Å². The first-order chi connectivity index (χ1) is 7.13. The van der Waals surface area contributed by atoms with E-state index < -0.39 is 0 Å². The molecule has 15 heavy (non-hydrogen) atoms. The van der Waals surface area contributed by atoms with E-state index in [1.165, 1.54) is 0 Å². The molecule has 0 aliphatic rings. The molecule has 1 heterocycles. The summed E-state index contributed by atoms with van der Waals surface area (Å²) in [4.78, 5) is 7.93. The number of imidazole rings is 1. The molecule has 0 unspecified atom stereocenters. The molecule has 3 nitrogen and oxygen atoms in total. The van der Waals surface area contributed by atoms with Crippen LogP contribution in [-0.4, -0.2) is 16.5 Å². The molecule has 1 aromatic heterocycles. The summed E-state index contributed by atoms with van der Waals surface area (Å²) in [5.74, 6) is 0.991. The van der Waals surface area contributed by atoms with E-state index in [-0.39, 0.29) is 5.54 Å². The molecular weight excluding hydrogens is 186 g/mol. The highest BCUT2D eigenvalue weighted by atomic mass is 15.1. The number of hydrogen-bond donors (Lipinski definition) is 2. The molecule has 0 radical (unpaired) electrons. The van der Waals surface area contributed by atoms with Gasteiger partial charge in [0.25, 0.3) is 0 Å². The Labute approximate surface area is 89.9 Å².